The summed E-state index contributed by atoms with van der Waals surface area (Å²) in [5, 5.41) is 20.8. The van der Waals surface area contributed by atoms with E-state index in [-0.39, 0.29) is 17.1 Å². The van der Waals surface area contributed by atoms with Gasteiger partial charge in [-0.2, -0.15) is 0 Å². The maximum absolute atomic E-state index is 12.0. The van der Waals surface area contributed by atoms with Crippen LogP contribution in [0.2, 0.25) is 0 Å². The number of carbonyl (C=O) groups is 1. The van der Waals surface area contributed by atoms with Crippen molar-refractivity contribution in [1.29, 1.82) is 0 Å². The summed E-state index contributed by atoms with van der Waals surface area (Å²) in [5.41, 5.74) is 2.20. The van der Waals surface area contributed by atoms with E-state index in [1.54, 1.807) is 18.2 Å². The highest BCUT2D eigenvalue weighted by molar-refractivity contribution is 8.15. The first kappa shape index (κ1) is 19.6. The minimum Gasteiger partial charge on any atom is -0.436 e. The second kappa shape index (κ2) is 8.34. The molecule has 1 aliphatic rings. The van der Waals surface area contributed by atoms with Crippen LogP contribution in [0.15, 0.2) is 81.9 Å². The van der Waals surface area contributed by atoms with Crippen LogP contribution in [0.3, 0.4) is 0 Å². The van der Waals surface area contributed by atoms with E-state index in [2.05, 4.69) is 16.8 Å². The van der Waals surface area contributed by atoms with E-state index in [9.17, 15) is 14.9 Å². The van der Waals surface area contributed by atoms with Crippen LogP contribution in [0.4, 0.5) is 5.69 Å². The average molecular weight is 420 g/mol. The van der Waals surface area contributed by atoms with Crippen LogP contribution in [-0.2, 0) is 4.79 Å². The molecule has 9 heteroatoms. The fourth-order valence-electron chi connectivity index (χ4n) is 2.98. The van der Waals surface area contributed by atoms with Crippen LogP contribution in [0.1, 0.15) is 0 Å². The molecule has 3 aromatic rings. The number of nitro groups is 1. The van der Waals surface area contributed by atoms with Crippen LogP contribution in [0.25, 0.3) is 22.1 Å². The Kier molecular flexibility index (Phi) is 5.44. The standard InChI is InChI=1S/C21H16N4O4S/c1-2-11-24-19(26)13-30-21(24)23-22-20-17(12-15-5-3-4-6-18(15)29-20)14-7-9-16(10-8-14)25(27)28/h2-10,12H,1,11,13H2/b22-20+,23-21+. The van der Waals surface area contributed by atoms with Gasteiger partial charge in [-0.3, -0.25) is 19.8 Å². The summed E-state index contributed by atoms with van der Waals surface area (Å²) in [6, 6.07) is 15.5. The van der Waals surface area contributed by atoms with Gasteiger partial charge in [0.05, 0.1) is 10.7 Å². The highest BCUT2D eigenvalue weighted by Gasteiger charge is 2.27. The van der Waals surface area contributed by atoms with E-state index >= 15 is 0 Å². The van der Waals surface area contributed by atoms with E-state index in [1.807, 2.05) is 30.3 Å². The van der Waals surface area contributed by atoms with Gasteiger partial charge in [0.2, 0.25) is 11.5 Å². The quantitative estimate of drug-likeness (QED) is 0.353. The van der Waals surface area contributed by atoms with Crippen LogP contribution in [-0.4, -0.2) is 33.2 Å². The molecule has 1 saturated heterocycles. The van der Waals surface area contributed by atoms with Gasteiger partial charge in [-0.25, -0.2) is 0 Å². The maximum atomic E-state index is 12.0. The first-order valence-corrected chi connectivity index (χ1v) is 9.99. The van der Waals surface area contributed by atoms with E-state index < -0.39 is 4.92 Å². The smallest absolute Gasteiger partial charge is 0.269 e. The van der Waals surface area contributed by atoms with Crippen LogP contribution < -0.4 is 5.55 Å². The van der Waals surface area contributed by atoms with Crippen molar-refractivity contribution in [3.05, 3.63) is 82.9 Å². The molecule has 8 nitrogen and oxygen atoms in total. The Bertz CT molecular complexity index is 1250. The molecule has 0 bridgehead atoms. The van der Waals surface area contributed by atoms with Gasteiger partial charge < -0.3 is 4.42 Å². The molecule has 1 aliphatic heterocycles. The predicted octanol–water partition coefficient (Wildman–Crippen LogP) is 3.94. The van der Waals surface area contributed by atoms with Crippen molar-refractivity contribution < 1.29 is 14.1 Å². The molecule has 0 N–H and O–H groups in total. The molecule has 1 fully saturated rings. The van der Waals surface area contributed by atoms with Crippen molar-refractivity contribution in [3.63, 3.8) is 0 Å². The molecule has 1 amide bonds. The van der Waals surface area contributed by atoms with E-state index in [0.29, 0.717) is 34.2 Å². The molecule has 150 valence electrons. The monoisotopic (exact) mass is 420 g/mol. The van der Waals surface area contributed by atoms with Gasteiger partial charge in [-0.05, 0) is 29.8 Å². The topological polar surface area (TPSA) is 101 Å². The second-order valence-electron chi connectivity index (χ2n) is 6.37. The first-order chi connectivity index (χ1) is 14.6. The number of nitro benzene ring substituents is 1. The Morgan fingerprint density at radius 3 is 2.70 bits per heavy atom. The second-order valence-corrected chi connectivity index (χ2v) is 7.31. The van der Waals surface area contributed by atoms with Gasteiger partial charge in [0.1, 0.15) is 5.58 Å². The van der Waals surface area contributed by atoms with Gasteiger partial charge in [-0.1, -0.05) is 36.0 Å². The van der Waals surface area contributed by atoms with Gasteiger partial charge in [-0.15, -0.1) is 16.8 Å². The molecule has 0 saturated carbocycles. The molecule has 0 atom stereocenters. The number of amides is 1. The van der Waals surface area contributed by atoms with Gasteiger partial charge >= 0.3 is 0 Å². The molecule has 0 aliphatic carbocycles. The lowest BCUT2D eigenvalue weighted by Gasteiger charge is -2.11. The van der Waals surface area contributed by atoms with Crippen molar-refractivity contribution >= 4 is 39.5 Å². The van der Waals surface area contributed by atoms with E-state index in [0.717, 1.165) is 5.39 Å². The van der Waals surface area contributed by atoms with E-state index in [4.69, 9.17) is 4.42 Å². The Morgan fingerprint density at radius 1 is 1.20 bits per heavy atom. The number of thioether (sulfide) groups is 1. The number of non-ortho nitro benzene ring substituents is 1. The highest BCUT2D eigenvalue weighted by Crippen LogP contribution is 2.24. The Morgan fingerprint density at radius 2 is 1.97 bits per heavy atom. The maximum Gasteiger partial charge on any atom is 0.269 e. The third-order valence-corrected chi connectivity index (χ3v) is 5.39. The Labute approximate surface area is 175 Å². The van der Waals surface area contributed by atoms with Crippen LogP contribution in [0.5, 0.6) is 0 Å². The lowest BCUT2D eigenvalue weighted by molar-refractivity contribution is -0.384. The van der Waals surface area contributed by atoms with E-state index in [1.165, 1.54) is 28.8 Å². The van der Waals surface area contributed by atoms with Crippen molar-refractivity contribution in [1.82, 2.24) is 4.90 Å². The molecule has 4 rings (SSSR count). The average Bonchev–Trinajstić information content (AvgIpc) is 3.11. The minimum atomic E-state index is -0.450. The summed E-state index contributed by atoms with van der Waals surface area (Å²) in [6.45, 7) is 4.01. The molecule has 2 heterocycles. The third kappa shape index (κ3) is 3.87. The van der Waals surface area contributed by atoms with Crippen LogP contribution >= 0.6 is 11.8 Å². The van der Waals surface area contributed by atoms with Crippen molar-refractivity contribution in [2.75, 3.05) is 12.3 Å². The zero-order chi connectivity index (χ0) is 21.1. The van der Waals surface area contributed by atoms with Crippen LogP contribution in [0, 0.1) is 10.1 Å². The highest BCUT2D eigenvalue weighted by atomic mass is 32.2. The predicted molar refractivity (Wildman–Crippen MR) is 116 cm³/mol. The number of rotatable bonds is 5. The molecule has 0 spiro atoms. The van der Waals surface area contributed by atoms with Gasteiger partial charge in [0.15, 0.2) is 5.17 Å². The Balaban J connectivity index is 1.85. The Hall–Kier alpha value is -3.72. The van der Waals surface area contributed by atoms with Crippen molar-refractivity contribution in [2.45, 2.75) is 0 Å². The summed E-state index contributed by atoms with van der Waals surface area (Å²) in [6.07, 6.45) is 1.63. The summed E-state index contributed by atoms with van der Waals surface area (Å²) < 4.78 is 5.97. The summed E-state index contributed by atoms with van der Waals surface area (Å²) in [4.78, 5) is 24.0. The third-order valence-electron chi connectivity index (χ3n) is 4.44. The normalized spacial score (nSPS) is 15.9. The fourth-order valence-corrected chi connectivity index (χ4v) is 3.82. The summed E-state index contributed by atoms with van der Waals surface area (Å²) in [7, 11) is 0. The molecule has 0 radical (unpaired) electrons. The molecule has 0 unspecified atom stereocenters. The SMILES string of the molecule is C=CCN1C(=O)CS/C1=N/N=c1/oc2ccccc2cc1-c1ccc([N+](=O)[O-])cc1. The summed E-state index contributed by atoms with van der Waals surface area (Å²) in [5.74, 6) is 0.242. The first-order valence-electron chi connectivity index (χ1n) is 9.00. The number of fused-ring (bicyclic) bond motifs is 1. The van der Waals surface area contributed by atoms with Crippen molar-refractivity contribution in [3.8, 4) is 11.1 Å². The number of carbonyl (C=O) groups excluding carboxylic acids is 1. The minimum absolute atomic E-state index is 0.00357. The number of hydrogen-bond acceptors (Lipinski definition) is 7. The molecule has 2 aromatic carbocycles. The number of hydrogen-bond donors (Lipinski definition) is 0. The van der Waals surface area contributed by atoms with Gasteiger partial charge in [0, 0.05) is 29.6 Å². The number of benzene rings is 2. The lowest BCUT2D eigenvalue weighted by atomic mass is 10.1. The molecular weight excluding hydrogens is 404 g/mol. The zero-order valence-electron chi connectivity index (χ0n) is 15.7. The molecule has 30 heavy (non-hydrogen) atoms. The zero-order valence-corrected chi connectivity index (χ0v) is 16.5. The lowest BCUT2D eigenvalue weighted by Crippen LogP contribution is -2.29. The number of para-hydroxylation sites is 1. The number of amidine groups is 1. The van der Waals surface area contributed by atoms with Crippen molar-refractivity contribution in [2.24, 2.45) is 10.2 Å². The molecule has 1 aromatic heterocycles. The van der Waals surface area contributed by atoms with Gasteiger partial charge in [0.25, 0.3) is 5.69 Å². The number of nitrogens with zero attached hydrogens (tertiary/aromatic N) is 4. The molecular formula is C21H16N4O4S. The largest absolute Gasteiger partial charge is 0.436 e. The summed E-state index contributed by atoms with van der Waals surface area (Å²) >= 11 is 1.30. The fraction of sp³-hybridized carbons (Fsp3) is 0.0952.